The molecule has 0 aliphatic heterocycles. The summed E-state index contributed by atoms with van der Waals surface area (Å²) in [7, 11) is 1.97. The maximum Gasteiger partial charge on any atom is 0.0923 e. The topological polar surface area (TPSA) is 40.7 Å². The van der Waals surface area contributed by atoms with Crippen molar-refractivity contribution in [1.29, 1.82) is 0 Å². The first-order chi connectivity index (χ1) is 6.72. The Morgan fingerprint density at radius 1 is 1.43 bits per heavy atom. The Morgan fingerprint density at radius 2 is 2.21 bits per heavy atom. The van der Waals surface area contributed by atoms with E-state index in [2.05, 4.69) is 40.6 Å². The van der Waals surface area contributed by atoms with Crippen molar-refractivity contribution in [3.05, 3.63) is 29.5 Å². The molecule has 1 heterocycles. The van der Waals surface area contributed by atoms with Gasteiger partial charge in [-0.25, -0.2) is 0 Å². The monoisotopic (exact) mass is 189 g/mol. The molecular formula is C11H15N3. The number of aromatic nitrogens is 2. The van der Waals surface area contributed by atoms with Crippen LogP contribution in [0.25, 0.3) is 10.9 Å². The summed E-state index contributed by atoms with van der Waals surface area (Å²) in [5.41, 5.74) is 3.46. The number of benzene rings is 1. The molecule has 0 fully saturated rings. The van der Waals surface area contributed by atoms with Crippen LogP contribution in [0.4, 0.5) is 0 Å². The molecule has 0 saturated carbocycles. The fourth-order valence-corrected chi connectivity index (χ4v) is 1.59. The van der Waals surface area contributed by atoms with Crippen LogP contribution in [0.3, 0.4) is 0 Å². The Balaban J connectivity index is 2.54. The predicted octanol–water partition coefficient (Wildman–Crippen LogP) is 2.15. The van der Waals surface area contributed by atoms with E-state index in [0.29, 0.717) is 6.04 Å². The van der Waals surface area contributed by atoms with Crippen LogP contribution in [-0.2, 0) is 0 Å². The third-order valence-electron chi connectivity index (χ3n) is 2.70. The Bertz CT molecular complexity index is 445. The van der Waals surface area contributed by atoms with Crippen LogP contribution in [0.15, 0.2) is 18.2 Å². The molecule has 74 valence electrons. The third kappa shape index (κ3) is 1.40. The fraction of sp³-hybridized carbons (Fsp3) is 0.364. The minimum atomic E-state index is 0.383. The quantitative estimate of drug-likeness (QED) is 0.760. The van der Waals surface area contributed by atoms with Crippen LogP contribution in [0.2, 0.25) is 0 Å². The van der Waals surface area contributed by atoms with Gasteiger partial charge in [-0.05, 0) is 38.6 Å². The second-order valence-corrected chi connectivity index (χ2v) is 3.64. The van der Waals surface area contributed by atoms with Gasteiger partial charge in [0.15, 0.2) is 0 Å². The normalized spacial score (nSPS) is 13.4. The number of nitrogens with one attached hydrogen (secondary N) is 2. The standard InChI is InChI=1S/C11H15N3/c1-7(12-3)9-4-5-11-10(6-9)8(2)13-14-11/h4-7,12H,1-3H3,(H,13,14). The number of hydrogen-bond donors (Lipinski definition) is 2. The van der Waals surface area contributed by atoms with Crippen molar-refractivity contribution in [1.82, 2.24) is 15.5 Å². The second kappa shape index (κ2) is 3.42. The lowest BCUT2D eigenvalue weighted by molar-refractivity contribution is 0.653. The highest BCUT2D eigenvalue weighted by molar-refractivity contribution is 5.81. The van der Waals surface area contributed by atoms with E-state index in [1.165, 1.54) is 10.9 Å². The molecule has 14 heavy (non-hydrogen) atoms. The first kappa shape index (κ1) is 9.21. The molecule has 2 N–H and O–H groups in total. The fourth-order valence-electron chi connectivity index (χ4n) is 1.59. The molecule has 0 amide bonds. The summed E-state index contributed by atoms with van der Waals surface area (Å²) in [6, 6.07) is 6.75. The van der Waals surface area contributed by atoms with Gasteiger partial charge in [0.2, 0.25) is 0 Å². The minimum absolute atomic E-state index is 0.383. The number of aryl methyl sites for hydroxylation is 1. The third-order valence-corrected chi connectivity index (χ3v) is 2.70. The summed E-state index contributed by atoms with van der Waals surface area (Å²) >= 11 is 0. The average Bonchev–Trinajstić information content (AvgIpc) is 2.59. The van der Waals surface area contributed by atoms with Gasteiger partial charge in [-0.2, -0.15) is 5.10 Å². The van der Waals surface area contributed by atoms with Crippen LogP contribution >= 0.6 is 0 Å². The summed E-state index contributed by atoms with van der Waals surface area (Å²) < 4.78 is 0. The molecule has 0 aliphatic rings. The lowest BCUT2D eigenvalue weighted by atomic mass is 10.1. The minimum Gasteiger partial charge on any atom is -0.313 e. The van der Waals surface area contributed by atoms with Crippen LogP contribution in [0.5, 0.6) is 0 Å². The summed E-state index contributed by atoms with van der Waals surface area (Å²) in [6.07, 6.45) is 0. The molecule has 0 radical (unpaired) electrons. The van der Waals surface area contributed by atoms with E-state index < -0.39 is 0 Å². The van der Waals surface area contributed by atoms with Crippen LogP contribution in [0.1, 0.15) is 24.2 Å². The molecule has 3 heteroatoms. The van der Waals surface area contributed by atoms with Gasteiger partial charge in [0.25, 0.3) is 0 Å². The highest BCUT2D eigenvalue weighted by Crippen LogP contribution is 2.20. The smallest absolute Gasteiger partial charge is 0.0923 e. The summed E-state index contributed by atoms with van der Waals surface area (Å²) in [5.74, 6) is 0. The molecule has 1 aromatic carbocycles. The molecule has 2 rings (SSSR count). The average molecular weight is 189 g/mol. The maximum atomic E-state index is 4.20. The Morgan fingerprint density at radius 3 is 2.93 bits per heavy atom. The molecule has 0 spiro atoms. The first-order valence-corrected chi connectivity index (χ1v) is 4.84. The van der Waals surface area contributed by atoms with Gasteiger partial charge >= 0.3 is 0 Å². The summed E-state index contributed by atoms with van der Waals surface area (Å²) in [5, 5.41) is 11.6. The van der Waals surface area contributed by atoms with E-state index in [4.69, 9.17) is 0 Å². The molecule has 1 unspecified atom stereocenters. The Kier molecular flexibility index (Phi) is 2.25. The zero-order chi connectivity index (χ0) is 10.1. The van der Waals surface area contributed by atoms with Crippen molar-refractivity contribution in [2.24, 2.45) is 0 Å². The molecule has 1 aromatic heterocycles. The van der Waals surface area contributed by atoms with Gasteiger partial charge in [-0.15, -0.1) is 0 Å². The lowest BCUT2D eigenvalue weighted by Gasteiger charge is -2.09. The van der Waals surface area contributed by atoms with Crippen LogP contribution < -0.4 is 5.32 Å². The Labute approximate surface area is 83.5 Å². The lowest BCUT2D eigenvalue weighted by Crippen LogP contribution is -2.11. The van der Waals surface area contributed by atoms with Gasteiger partial charge in [-0.3, -0.25) is 5.10 Å². The van der Waals surface area contributed by atoms with Crippen LogP contribution in [0, 0.1) is 6.92 Å². The zero-order valence-corrected chi connectivity index (χ0v) is 8.76. The number of rotatable bonds is 2. The maximum absolute atomic E-state index is 4.20. The highest BCUT2D eigenvalue weighted by Gasteiger charge is 2.06. The van der Waals surface area contributed by atoms with Gasteiger partial charge in [0.05, 0.1) is 5.52 Å². The Hall–Kier alpha value is -1.35. The van der Waals surface area contributed by atoms with Crippen molar-refractivity contribution in [3.63, 3.8) is 0 Å². The van der Waals surface area contributed by atoms with Crippen molar-refractivity contribution in [2.45, 2.75) is 19.9 Å². The molecule has 3 nitrogen and oxygen atoms in total. The first-order valence-electron chi connectivity index (χ1n) is 4.84. The predicted molar refractivity (Wildman–Crippen MR) is 58.3 cm³/mol. The van der Waals surface area contributed by atoms with Crippen molar-refractivity contribution >= 4 is 10.9 Å². The number of H-pyrrole nitrogens is 1. The van der Waals surface area contributed by atoms with Crippen molar-refractivity contribution in [3.8, 4) is 0 Å². The number of aromatic amines is 1. The SMILES string of the molecule is CNC(C)c1ccc2n[nH]c(C)c2c1. The van der Waals surface area contributed by atoms with E-state index >= 15 is 0 Å². The summed E-state index contributed by atoms with van der Waals surface area (Å²) in [4.78, 5) is 0. The van der Waals surface area contributed by atoms with Gasteiger partial charge < -0.3 is 5.32 Å². The van der Waals surface area contributed by atoms with Gasteiger partial charge in [-0.1, -0.05) is 6.07 Å². The second-order valence-electron chi connectivity index (χ2n) is 3.64. The van der Waals surface area contributed by atoms with Gasteiger partial charge in [0.1, 0.15) is 0 Å². The molecule has 0 aliphatic carbocycles. The number of nitrogens with zero attached hydrogens (tertiary/aromatic N) is 1. The van der Waals surface area contributed by atoms with E-state index in [9.17, 15) is 0 Å². The molecule has 2 aromatic rings. The van der Waals surface area contributed by atoms with Crippen molar-refractivity contribution in [2.75, 3.05) is 7.05 Å². The van der Waals surface area contributed by atoms with Gasteiger partial charge in [0, 0.05) is 17.1 Å². The summed E-state index contributed by atoms with van der Waals surface area (Å²) in [6.45, 7) is 4.19. The van der Waals surface area contributed by atoms with E-state index in [1.807, 2.05) is 14.0 Å². The molecule has 1 atom stereocenters. The highest BCUT2D eigenvalue weighted by atomic mass is 15.1. The molecule has 0 saturated heterocycles. The largest absolute Gasteiger partial charge is 0.313 e. The number of fused-ring (bicyclic) bond motifs is 1. The zero-order valence-electron chi connectivity index (χ0n) is 8.76. The van der Waals surface area contributed by atoms with E-state index in [-0.39, 0.29) is 0 Å². The van der Waals surface area contributed by atoms with E-state index in [0.717, 1.165) is 11.2 Å². The molecule has 0 bridgehead atoms. The van der Waals surface area contributed by atoms with Crippen molar-refractivity contribution < 1.29 is 0 Å². The molecular weight excluding hydrogens is 174 g/mol. The van der Waals surface area contributed by atoms with Crippen LogP contribution in [-0.4, -0.2) is 17.2 Å². The van der Waals surface area contributed by atoms with E-state index in [1.54, 1.807) is 0 Å². The number of hydrogen-bond acceptors (Lipinski definition) is 2.